The van der Waals surface area contributed by atoms with E-state index in [0.717, 1.165) is 21.8 Å². The molecule has 0 unspecified atom stereocenters. The van der Waals surface area contributed by atoms with E-state index >= 15 is 0 Å². The van der Waals surface area contributed by atoms with Crippen molar-refractivity contribution in [3.63, 3.8) is 0 Å². The standard InChI is InChI=1S/C18H19Cl2N5O2/c1-11-6-13(7-12(2)17(11)20)27-10-25-5-4-15(23-25)18(26)21-9-16-14(19)8-22-24(16)3/h4-8H,9-10H2,1-3H3,(H,21,26). The maximum atomic E-state index is 12.3. The fraction of sp³-hybridized carbons (Fsp3) is 0.278. The summed E-state index contributed by atoms with van der Waals surface area (Å²) in [6, 6.07) is 5.36. The van der Waals surface area contributed by atoms with Crippen molar-refractivity contribution in [2.24, 2.45) is 7.05 Å². The van der Waals surface area contributed by atoms with E-state index in [-0.39, 0.29) is 19.2 Å². The summed E-state index contributed by atoms with van der Waals surface area (Å²) in [6.45, 7) is 4.29. The van der Waals surface area contributed by atoms with Crippen LogP contribution in [0.2, 0.25) is 10.0 Å². The molecule has 9 heteroatoms. The number of amides is 1. The quantitative estimate of drug-likeness (QED) is 0.678. The van der Waals surface area contributed by atoms with Gasteiger partial charge in [-0.1, -0.05) is 23.2 Å². The first-order valence-electron chi connectivity index (χ1n) is 8.22. The van der Waals surface area contributed by atoms with Crippen molar-refractivity contribution >= 4 is 29.1 Å². The smallest absolute Gasteiger partial charge is 0.272 e. The summed E-state index contributed by atoms with van der Waals surface area (Å²) in [5.74, 6) is 0.394. The molecule has 0 radical (unpaired) electrons. The van der Waals surface area contributed by atoms with Gasteiger partial charge in [0, 0.05) is 18.3 Å². The minimum absolute atomic E-state index is 0.182. The van der Waals surface area contributed by atoms with Crippen molar-refractivity contribution in [3.05, 3.63) is 63.2 Å². The minimum Gasteiger partial charge on any atom is -0.471 e. The summed E-state index contributed by atoms with van der Waals surface area (Å²) in [5, 5.41) is 12.3. The molecular formula is C18H19Cl2N5O2. The van der Waals surface area contributed by atoms with Gasteiger partial charge in [-0.3, -0.25) is 9.48 Å². The van der Waals surface area contributed by atoms with E-state index in [9.17, 15) is 4.79 Å². The average molecular weight is 408 g/mol. The molecule has 3 aromatic rings. The maximum absolute atomic E-state index is 12.3. The number of halogens is 2. The van der Waals surface area contributed by atoms with Gasteiger partial charge in [0.1, 0.15) is 11.4 Å². The number of hydrogen-bond donors (Lipinski definition) is 1. The molecule has 0 atom stereocenters. The second-order valence-corrected chi connectivity index (χ2v) is 6.92. The zero-order chi connectivity index (χ0) is 19.6. The highest BCUT2D eigenvalue weighted by Gasteiger charge is 2.12. The molecule has 1 aromatic carbocycles. The molecule has 142 valence electrons. The number of aryl methyl sites for hydroxylation is 3. The van der Waals surface area contributed by atoms with Gasteiger partial charge in [-0.2, -0.15) is 10.2 Å². The van der Waals surface area contributed by atoms with Crippen molar-refractivity contribution < 1.29 is 9.53 Å². The normalized spacial score (nSPS) is 10.9. The van der Waals surface area contributed by atoms with Crippen LogP contribution in [0.5, 0.6) is 5.75 Å². The highest BCUT2D eigenvalue weighted by atomic mass is 35.5. The Morgan fingerprint density at radius 2 is 1.96 bits per heavy atom. The van der Waals surface area contributed by atoms with Gasteiger partial charge in [0.05, 0.1) is 23.5 Å². The molecule has 0 bridgehead atoms. The number of benzene rings is 1. The van der Waals surface area contributed by atoms with Crippen molar-refractivity contribution in [3.8, 4) is 5.75 Å². The predicted octanol–water partition coefficient (Wildman–Crippen LogP) is 3.51. The molecular weight excluding hydrogens is 389 g/mol. The Hall–Kier alpha value is -2.51. The molecule has 0 saturated heterocycles. The lowest BCUT2D eigenvalue weighted by atomic mass is 10.1. The Morgan fingerprint density at radius 3 is 2.59 bits per heavy atom. The molecule has 0 aliphatic rings. The molecule has 1 N–H and O–H groups in total. The van der Waals surface area contributed by atoms with E-state index in [1.54, 1.807) is 28.7 Å². The number of carbonyl (C=O) groups excluding carboxylic acids is 1. The lowest BCUT2D eigenvalue weighted by Crippen LogP contribution is -2.25. The van der Waals surface area contributed by atoms with Crippen LogP contribution in [-0.2, 0) is 20.3 Å². The maximum Gasteiger partial charge on any atom is 0.272 e. The lowest BCUT2D eigenvalue weighted by Gasteiger charge is -2.10. The van der Waals surface area contributed by atoms with E-state index < -0.39 is 0 Å². The van der Waals surface area contributed by atoms with Gasteiger partial charge in [-0.25, -0.2) is 4.68 Å². The molecule has 2 aromatic heterocycles. The lowest BCUT2D eigenvalue weighted by molar-refractivity contribution is 0.0943. The third-order valence-electron chi connectivity index (χ3n) is 4.07. The second kappa shape index (κ2) is 8.02. The first-order chi connectivity index (χ1) is 12.8. The molecule has 3 rings (SSSR count). The number of carbonyl (C=O) groups is 1. The van der Waals surface area contributed by atoms with Crippen molar-refractivity contribution in [1.29, 1.82) is 0 Å². The Kier molecular flexibility index (Phi) is 5.72. The van der Waals surface area contributed by atoms with E-state index in [0.29, 0.717) is 16.5 Å². The summed E-state index contributed by atoms with van der Waals surface area (Å²) in [6.07, 6.45) is 3.22. The Morgan fingerprint density at radius 1 is 1.26 bits per heavy atom. The molecule has 1 amide bonds. The van der Waals surface area contributed by atoms with Crippen LogP contribution in [0.25, 0.3) is 0 Å². The minimum atomic E-state index is -0.302. The summed E-state index contributed by atoms with van der Waals surface area (Å²) in [7, 11) is 1.76. The predicted molar refractivity (Wildman–Crippen MR) is 103 cm³/mol. The van der Waals surface area contributed by atoms with Crippen molar-refractivity contribution in [2.75, 3.05) is 0 Å². The fourth-order valence-corrected chi connectivity index (χ4v) is 2.92. The van der Waals surface area contributed by atoms with E-state index in [1.165, 1.54) is 6.20 Å². The van der Waals surface area contributed by atoms with Gasteiger partial charge < -0.3 is 10.1 Å². The van der Waals surface area contributed by atoms with Crippen LogP contribution in [0.4, 0.5) is 0 Å². The summed E-state index contributed by atoms with van der Waals surface area (Å²) in [4.78, 5) is 12.3. The number of hydrogen-bond acceptors (Lipinski definition) is 4. The van der Waals surface area contributed by atoms with Gasteiger partial charge in [-0.15, -0.1) is 0 Å². The van der Waals surface area contributed by atoms with Gasteiger partial charge in [0.25, 0.3) is 5.91 Å². The Labute approximate surface area is 166 Å². The Balaban J connectivity index is 1.58. The zero-order valence-corrected chi connectivity index (χ0v) is 16.7. The van der Waals surface area contributed by atoms with Crippen LogP contribution in [0, 0.1) is 13.8 Å². The van der Waals surface area contributed by atoms with Crippen molar-refractivity contribution in [1.82, 2.24) is 24.9 Å². The monoisotopic (exact) mass is 407 g/mol. The van der Waals surface area contributed by atoms with E-state index in [1.807, 2.05) is 26.0 Å². The highest BCUT2D eigenvalue weighted by Crippen LogP contribution is 2.26. The molecule has 0 aliphatic heterocycles. The van der Waals surface area contributed by atoms with Gasteiger partial charge in [-0.05, 0) is 43.2 Å². The molecule has 0 aliphatic carbocycles. The molecule has 0 spiro atoms. The summed E-state index contributed by atoms with van der Waals surface area (Å²) in [5.41, 5.74) is 2.91. The molecule has 7 nitrogen and oxygen atoms in total. The molecule has 2 heterocycles. The third-order valence-corrected chi connectivity index (χ3v) is 4.99. The Bertz CT molecular complexity index is 938. The highest BCUT2D eigenvalue weighted by molar-refractivity contribution is 6.32. The number of nitrogens with one attached hydrogen (secondary N) is 1. The number of rotatable bonds is 6. The van der Waals surface area contributed by atoms with E-state index in [2.05, 4.69) is 15.5 Å². The van der Waals surface area contributed by atoms with Gasteiger partial charge in [0.2, 0.25) is 0 Å². The third kappa shape index (κ3) is 4.43. The van der Waals surface area contributed by atoms with Crippen LogP contribution in [-0.4, -0.2) is 25.5 Å². The number of ether oxygens (including phenoxy) is 1. The second-order valence-electron chi connectivity index (χ2n) is 6.13. The summed E-state index contributed by atoms with van der Waals surface area (Å²) >= 11 is 12.2. The van der Waals surface area contributed by atoms with Crippen LogP contribution in [0.1, 0.15) is 27.3 Å². The summed E-state index contributed by atoms with van der Waals surface area (Å²) < 4.78 is 8.90. The van der Waals surface area contributed by atoms with Gasteiger partial charge in [0.15, 0.2) is 6.73 Å². The fourth-order valence-electron chi connectivity index (χ4n) is 2.57. The average Bonchev–Trinajstić information content (AvgIpc) is 3.23. The molecule has 0 saturated carbocycles. The van der Waals surface area contributed by atoms with Crippen LogP contribution >= 0.6 is 23.2 Å². The zero-order valence-electron chi connectivity index (χ0n) is 15.2. The van der Waals surface area contributed by atoms with Crippen LogP contribution in [0.15, 0.2) is 30.6 Å². The van der Waals surface area contributed by atoms with Gasteiger partial charge >= 0.3 is 0 Å². The van der Waals surface area contributed by atoms with Crippen molar-refractivity contribution in [2.45, 2.75) is 27.1 Å². The SMILES string of the molecule is Cc1cc(OCn2ccc(C(=O)NCc3c(Cl)cnn3C)n2)cc(C)c1Cl. The molecule has 27 heavy (non-hydrogen) atoms. The first-order valence-corrected chi connectivity index (χ1v) is 8.98. The first kappa shape index (κ1) is 19.3. The molecule has 0 fully saturated rings. The topological polar surface area (TPSA) is 74.0 Å². The number of nitrogens with zero attached hydrogens (tertiary/aromatic N) is 4. The van der Waals surface area contributed by atoms with Crippen LogP contribution < -0.4 is 10.1 Å². The largest absolute Gasteiger partial charge is 0.471 e. The van der Waals surface area contributed by atoms with E-state index in [4.69, 9.17) is 27.9 Å². The van der Waals surface area contributed by atoms with Crippen LogP contribution in [0.3, 0.4) is 0 Å². The number of aromatic nitrogens is 4.